The minimum Gasteiger partial charge on any atom is -0.457 e. The van der Waals surface area contributed by atoms with Crippen molar-refractivity contribution >= 4 is 22.4 Å². The number of benzene rings is 2. The Labute approximate surface area is 176 Å². The van der Waals surface area contributed by atoms with E-state index in [1.807, 2.05) is 30.3 Å². The summed E-state index contributed by atoms with van der Waals surface area (Å²) in [5.41, 5.74) is 0.00677. The van der Waals surface area contributed by atoms with Gasteiger partial charge in [-0.3, -0.25) is 4.79 Å². The van der Waals surface area contributed by atoms with Crippen molar-refractivity contribution in [3.63, 3.8) is 0 Å². The van der Waals surface area contributed by atoms with Crippen LogP contribution in [0.15, 0.2) is 75.9 Å². The van der Waals surface area contributed by atoms with Crippen molar-refractivity contribution in [1.29, 1.82) is 0 Å². The molecule has 154 valence electrons. The molecule has 9 heteroatoms. The summed E-state index contributed by atoms with van der Waals surface area (Å²) in [7, 11) is 0. The van der Waals surface area contributed by atoms with Crippen molar-refractivity contribution in [2.24, 2.45) is 0 Å². The number of aromatic nitrogens is 3. The minimum atomic E-state index is -4.44. The summed E-state index contributed by atoms with van der Waals surface area (Å²) in [5, 5.41) is 4.28. The Morgan fingerprint density at radius 1 is 0.968 bits per heavy atom. The Kier molecular flexibility index (Phi) is 4.48. The molecule has 0 atom stereocenters. The first-order chi connectivity index (χ1) is 14.9. The van der Waals surface area contributed by atoms with Crippen LogP contribution in [-0.4, -0.2) is 14.6 Å². The van der Waals surface area contributed by atoms with E-state index in [0.29, 0.717) is 26.6 Å². The summed E-state index contributed by atoms with van der Waals surface area (Å²) in [6, 6.07) is 17.4. The van der Waals surface area contributed by atoms with Crippen LogP contribution in [0.1, 0.15) is 11.3 Å². The van der Waals surface area contributed by atoms with Crippen LogP contribution < -0.4 is 10.1 Å². The topological polar surface area (TPSA) is 60.4 Å². The van der Waals surface area contributed by atoms with Gasteiger partial charge in [0.25, 0.3) is 5.56 Å². The Morgan fingerprint density at radius 3 is 2.48 bits per heavy atom. The number of fused-ring (bicyclic) bond motifs is 1. The molecule has 0 aliphatic carbocycles. The third-order valence-electron chi connectivity index (χ3n) is 4.59. The molecule has 0 fully saturated rings. The lowest BCUT2D eigenvalue weighted by molar-refractivity contribution is -0.137. The Balaban J connectivity index is 1.49. The second-order valence-electron chi connectivity index (χ2n) is 6.69. The molecule has 0 aliphatic heterocycles. The van der Waals surface area contributed by atoms with Crippen molar-refractivity contribution in [3.05, 3.63) is 92.9 Å². The Bertz CT molecular complexity index is 1500. The number of hydrogen-bond acceptors (Lipinski definition) is 5. The van der Waals surface area contributed by atoms with Gasteiger partial charge in [0, 0.05) is 17.2 Å². The minimum absolute atomic E-state index is 0.274. The summed E-state index contributed by atoms with van der Waals surface area (Å²) in [6.07, 6.45) is -2.91. The van der Waals surface area contributed by atoms with Gasteiger partial charge >= 0.3 is 6.18 Å². The highest BCUT2D eigenvalue weighted by atomic mass is 32.1. The van der Waals surface area contributed by atoms with E-state index in [1.165, 1.54) is 22.7 Å². The van der Waals surface area contributed by atoms with Crippen molar-refractivity contribution in [2.45, 2.75) is 6.18 Å². The molecule has 0 bridgehead atoms. The van der Waals surface area contributed by atoms with E-state index in [9.17, 15) is 18.0 Å². The zero-order valence-corrected chi connectivity index (χ0v) is 16.4. The lowest BCUT2D eigenvalue weighted by Crippen LogP contribution is -2.23. The van der Waals surface area contributed by atoms with Crippen LogP contribution in [0.5, 0.6) is 0 Å². The van der Waals surface area contributed by atoms with Crippen LogP contribution in [0.3, 0.4) is 0 Å². The van der Waals surface area contributed by atoms with Crippen LogP contribution in [0.2, 0.25) is 0 Å². The molecule has 0 saturated carbocycles. The maximum absolute atomic E-state index is 12.9. The number of rotatable bonds is 3. The van der Waals surface area contributed by atoms with Crippen molar-refractivity contribution in [1.82, 2.24) is 14.6 Å². The molecule has 5 aromatic rings. The molecule has 0 saturated heterocycles. The molecule has 3 aromatic heterocycles. The van der Waals surface area contributed by atoms with Gasteiger partial charge in [0.2, 0.25) is 4.96 Å². The Hall–Kier alpha value is -3.72. The second-order valence-corrected chi connectivity index (χ2v) is 7.70. The van der Waals surface area contributed by atoms with Crippen LogP contribution in [0.25, 0.3) is 33.7 Å². The molecule has 0 aliphatic rings. The van der Waals surface area contributed by atoms with Gasteiger partial charge in [-0.1, -0.05) is 53.8 Å². The van der Waals surface area contributed by atoms with Gasteiger partial charge in [-0.15, -0.1) is 5.10 Å². The molecule has 5 rings (SSSR count). The molecule has 2 aromatic carbocycles. The molecule has 0 N–H and O–H groups in total. The molecule has 5 nitrogen and oxygen atoms in total. The first-order valence-electron chi connectivity index (χ1n) is 9.13. The lowest BCUT2D eigenvalue weighted by atomic mass is 10.1. The number of furan rings is 1. The highest BCUT2D eigenvalue weighted by molar-refractivity contribution is 7.15. The van der Waals surface area contributed by atoms with E-state index in [0.717, 1.165) is 29.0 Å². The summed E-state index contributed by atoms with van der Waals surface area (Å²) >= 11 is 1.16. The fraction of sp³-hybridized carbons (Fsp3) is 0.0455. The Morgan fingerprint density at radius 2 is 1.74 bits per heavy atom. The largest absolute Gasteiger partial charge is 0.457 e. The normalized spacial score (nSPS) is 12.7. The van der Waals surface area contributed by atoms with Gasteiger partial charge in [0.05, 0.1) is 5.56 Å². The van der Waals surface area contributed by atoms with Gasteiger partial charge in [0.1, 0.15) is 16.1 Å². The number of alkyl halides is 3. The molecular formula is C22H12F3N3O2S. The van der Waals surface area contributed by atoms with E-state index in [4.69, 9.17) is 4.42 Å². The third-order valence-corrected chi connectivity index (χ3v) is 5.55. The number of thiazole rings is 1. The first-order valence-corrected chi connectivity index (χ1v) is 9.94. The van der Waals surface area contributed by atoms with Gasteiger partial charge in [0.15, 0.2) is 5.82 Å². The van der Waals surface area contributed by atoms with Gasteiger partial charge in [-0.2, -0.15) is 22.7 Å². The van der Waals surface area contributed by atoms with Crippen LogP contribution in [0, 0.1) is 0 Å². The van der Waals surface area contributed by atoms with Gasteiger partial charge in [-0.25, -0.2) is 0 Å². The van der Waals surface area contributed by atoms with Crippen molar-refractivity contribution < 1.29 is 17.6 Å². The molecule has 31 heavy (non-hydrogen) atoms. The molecule has 0 radical (unpaired) electrons. The molecule has 0 amide bonds. The van der Waals surface area contributed by atoms with Crippen LogP contribution in [0.4, 0.5) is 13.2 Å². The zero-order chi connectivity index (χ0) is 21.6. The summed E-state index contributed by atoms with van der Waals surface area (Å²) in [4.78, 5) is 17.5. The average Bonchev–Trinajstić information content (AvgIpc) is 3.46. The monoisotopic (exact) mass is 439 g/mol. The number of hydrogen-bond donors (Lipinski definition) is 0. The van der Waals surface area contributed by atoms with E-state index in [2.05, 4.69) is 10.1 Å². The summed E-state index contributed by atoms with van der Waals surface area (Å²) in [6.45, 7) is 0. The predicted molar refractivity (Wildman–Crippen MR) is 111 cm³/mol. The lowest BCUT2D eigenvalue weighted by Gasteiger charge is -2.07. The summed E-state index contributed by atoms with van der Waals surface area (Å²) in [5.74, 6) is 1.08. The molecule has 0 spiro atoms. The zero-order valence-electron chi connectivity index (χ0n) is 15.6. The SMILES string of the molecule is O=c1c(=Cc2ccc(-c3cccc(C(F)(F)F)c3)o2)sc2nc(-c3ccccc3)nn12. The molecular weight excluding hydrogens is 427 g/mol. The second kappa shape index (κ2) is 7.21. The van der Waals surface area contributed by atoms with E-state index < -0.39 is 11.7 Å². The maximum Gasteiger partial charge on any atom is 0.416 e. The van der Waals surface area contributed by atoms with E-state index in [1.54, 1.807) is 12.1 Å². The highest BCUT2D eigenvalue weighted by Crippen LogP contribution is 2.32. The van der Waals surface area contributed by atoms with E-state index in [-0.39, 0.29) is 11.3 Å². The fourth-order valence-corrected chi connectivity index (χ4v) is 3.99. The fourth-order valence-electron chi connectivity index (χ4n) is 3.11. The van der Waals surface area contributed by atoms with Crippen molar-refractivity contribution in [2.75, 3.05) is 0 Å². The van der Waals surface area contributed by atoms with Crippen LogP contribution >= 0.6 is 11.3 Å². The van der Waals surface area contributed by atoms with Gasteiger partial charge in [-0.05, 0) is 24.3 Å². The first kappa shape index (κ1) is 19.3. The maximum atomic E-state index is 12.9. The van der Waals surface area contributed by atoms with Crippen molar-refractivity contribution in [3.8, 4) is 22.7 Å². The quantitative estimate of drug-likeness (QED) is 0.411. The molecule has 0 unspecified atom stereocenters. The van der Waals surface area contributed by atoms with Gasteiger partial charge < -0.3 is 4.42 Å². The molecule has 3 heterocycles. The third kappa shape index (κ3) is 3.64. The smallest absolute Gasteiger partial charge is 0.416 e. The number of halogens is 3. The standard InChI is InChI=1S/C22H12F3N3O2S/c23-22(24,25)15-8-4-7-14(11-15)17-10-9-16(30-17)12-18-20(29)28-21(31-18)26-19(27-28)13-5-2-1-3-6-13/h1-12H. The van der Waals surface area contributed by atoms with Crippen LogP contribution in [-0.2, 0) is 6.18 Å². The van der Waals surface area contributed by atoms with E-state index >= 15 is 0 Å². The highest BCUT2D eigenvalue weighted by Gasteiger charge is 2.30. The number of nitrogens with zero attached hydrogens (tertiary/aromatic N) is 3. The average molecular weight is 439 g/mol. The summed E-state index contributed by atoms with van der Waals surface area (Å²) < 4.78 is 46.1. The predicted octanol–water partition coefficient (Wildman–Crippen LogP) is 4.64.